The SMILES string of the molecule is O=Cc1cnc(CBr)c(C(F)F)c1Cl. The van der Waals surface area contributed by atoms with Crippen molar-refractivity contribution in [1.82, 2.24) is 4.98 Å². The van der Waals surface area contributed by atoms with Gasteiger partial charge in [-0.25, -0.2) is 8.78 Å². The van der Waals surface area contributed by atoms with E-state index in [1.807, 2.05) is 0 Å². The molecule has 0 aromatic carbocycles. The number of aromatic nitrogens is 1. The minimum Gasteiger partial charge on any atom is -0.298 e. The molecule has 0 aliphatic rings. The lowest BCUT2D eigenvalue weighted by molar-refractivity contribution is 0.112. The highest BCUT2D eigenvalue weighted by atomic mass is 79.9. The van der Waals surface area contributed by atoms with Crippen molar-refractivity contribution in [3.8, 4) is 0 Å². The zero-order valence-corrected chi connectivity index (χ0v) is 9.15. The molecular formula is C8H5BrClF2NO. The molecule has 6 heteroatoms. The number of nitrogens with zero attached hydrogens (tertiary/aromatic N) is 1. The third kappa shape index (κ3) is 2.09. The van der Waals surface area contributed by atoms with Gasteiger partial charge in [-0.15, -0.1) is 0 Å². The second kappa shape index (κ2) is 4.79. The number of alkyl halides is 3. The van der Waals surface area contributed by atoms with Crippen LogP contribution in [0.15, 0.2) is 6.20 Å². The highest BCUT2D eigenvalue weighted by Gasteiger charge is 2.20. The Labute approximate surface area is 92.4 Å². The number of hydrogen-bond donors (Lipinski definition) is 0. The highest BCUT2D eigenvalue weighted by molar-refractivity contribution is 9.08. The zero-order valence-electron chi connectivity index (χ0n) is 6.81. The topological polar surface area (TPSA) is 30.0 Å². The smallest absolute Gasteiger partial charge is 0.267 e. The van der Waals surface area contributed by atoms with Crippen LogP contribution < -0.4 is 0 Å². The normalized spacial score (nSPS) is 10.6. The van der Waals surface area contributed by atoms with Crippen molar-refractivity contribution >= 4 is 33.8 Å². The minimum absolute atomic E-state index is 0.0216. The molecule has 0 aliphatic heterocycles. The summed E-state index contributed by atoms with van der Waals surface area (Å²) in [5.74, 6) is 0. The second-order valence-electron chi connectivity index (χ2n) is 2.44. The Kier molecular flexibility index (Phi) is 3.95. The van der Waals surface area contributed by atoms with Crippen LogP contribution in [0.2, 0.25) is 5.02 Å². The number of hydrogen-bond acceptors (Lipinski definition) is 2. The number of carbonyl (C=O) groups excluding carboxylic acids is 1. The summed E-state index contributed by atoms with van der Waals surface area (Å²) in [7, 11) is 0. The predicted octanol–water partition coefficient (Wildman–Crippen LogP) is 3.38. The number of pyridine rings is 1. The molecule has 1 aromatic heterocycles. The second-order valence-corrected chi connectivity index (χ2v) is 3.38. The van der Waals surface area contributed by atoms with Crippen LogP contribution in [0, 0.1) is 0 Å². The molecule has 0 N–H and O–H groups in total. The van der Waals surface area contributed by atoms with Crippen molar-refractivity contribution in [3.05, 3.63) is 28.0 Å². The van der Waals surface area contributed by atoms with E-state index in [1.54, 1.807) is 0 Å². The Bertz CT molecular complexity index is 359. The van der Waals surface area contributed by atoms with E-state index in [9.17, 15) is 13.6 Å². The predicted molar refractivity (Wildman–Crippen MR) is 52.2 cm³/mol. The fraction of sp³-hybridized carbons (Fsp3) is 0.250. The standard InChI is InChI=1S/C8H5BrClF2NO/c9-1-5-6(8(11)12)7(10)4(3-14)2-13-5/h2-3,8H,1H2. The molecule has 76 valence electrons. The molecule has 0 fully saturated rings. The summed E-state index contributed by atoms with van der Waals surface area (Å²) >= 11 is 8.63. The highest BCUT2D eigenvalue weighted by Crippen LogP contribution is 2.32. The van der Waals surface area contributed by atoms with E-state index in [4.69, 9.17) is 11.6 Å². The van der Waals surface area contributed by atoms with Crippen molar-refractivity contribution in [1.29, 1.82) is 0 Å². The molecule has 1 rings (SSSR count). The van der Waals surface area contributed by atoms with E-state index >= 15 is 0 Å². The molecule has 1 aromatic rings. The number of carbonyl (C=O) groups is 1. The average molecular weight is 284 g/mol. The van der Waals surface area contributed by atoms with E-state index in [1.165, 1.54) is 6.20 Å². The molecule has 1 heterocycles. The van der Waals surface area contributed by atoms with Gasteiger partial charge in [0.2, 0.25) is 0 Å². The van der Waals surface area contributed by atoms with Gasteiger partial charge in [0.1, 0.15) is 0 Å². The van der Waals surface area contributed by atoms with E-state index in [0.717, 1.165) is 0 Å². The van der Waals surface area contributed by atoms with Crippen molar-refractivity contribution in [2.75, 3.05) is 0 Å². The molecule has 0 saturated carbocycles. The summed E-state index contributed by atoms with van der Waals surface area (Å²) in [5, 5.41) is -0.0506. The molecule has 14 heavy (non-hydrogen) atoms. The molecule has 0 bridgehead atoms. The Morgan fingerprint density at radius 2 is 2.29 bits per heavy atom. The fourth-order valence-electron chi connectivity index (χ4n) is 0.966. The molecule has 0 radical (unpaired) electrons. The van der Waals surface area contributed by atoms with Gasteiger partial charge in [-0.2, -0.15) is 0 Å². The van der Waals surface area contributed by atoms with Crippen molar-refractivity contribution < 1.29 is 13.6 Å². The first-order valence-electron chi connectivity index (χ1n) is 3.58. The summed E-state index contributed by atoms with van der Waals surface area (Å²) in [6.45, 7) is 0. The quantitative estimate of drug-likeness (QED) is 0.629. The van der Waals surface area contributed by atoms with Crippen molar-refractivity contribution in [2.45, 2.75) is 11.8 Å². The molecular weight excluding hydrogens is 279 g/mol. The lowest BCUT2D eigenvalue weighted by Gasteiger charge is -2.08. The first-order chi connectivity index (χ1) is 6.61. The van der Waals surface area contributed by atoms with E-state index in [2.05, 4.69) is 20.9 Å². The van der Waals surface area contributed by atoms with Crippen LogP contribution in [-0.4, -0.2) is 11.3 Å². The van der Waals surface area contributed by atoms with Crippen LogP contribution in [0.1, 0.15) is 28.0 Å². The summed E-state index contributed by atoms with van der Waals surface area (Å²) in [5.41, 5.74) is -0.254. The maximum absolute atomic E-state index is 12.5. The molecule has 0 atom stereocenters. The number of rotatable bonds is 3. The van der Waals surface area contributed by atoms with E-state index < -0.39 is 6.43 Å². The van der Waals surface area contributed by atoms with Crippen LogP contribution in [0.5, 0.6) is 0 Å². The van der Waals surface area contributed by atoms with Gasteiger partial charge < -0.3 is 0 Å². The average Bonchev–Trinajstić information content (AvgIpc) is 2.16. The van der Waals surface area contributed by atoms with E-state index in [0.29, 0.717) is 6.29 Å². The maximum atomic E-state index is 12.5. The van der Waals surface area contributed by atoms with Crippen LogP contribution in [0.25, 0.3) is 0 Å². The third-order valence-electron chi connectivity index (χ3n) is 1.63. The lowest BCUT2D eigenvalue weighted by Crippen LogP contribution is -2.00. The largest absolute Gasteiger partial charge is 0.298 e. The Hall–Kier alpha value is -0.550. The fourth-order valence-corrected chi connectivity index (χ4v) is 1.70. The minimum atomic E-state index is -2.73. The third-order valence-corrected chi connectivity index (χ3v) is 2.59. The van der Waals surface area contributed by atoms with Gasteiger partial charge >= 0.3 is 0 Å². The van der Waals surface area contributed by atoms with Crippen molar-refractivity contribution in [2.24, 2.45) is 0 Å². The van der Waals surface area contributed by atoms with Gasteiger partial charge in [0.15, 0.2) is 6.29 Å². The van der Waals surface area contributed by atoms with Crippen LogP contribution in [0.4, 0.5) is 8.78 Å². The van der Waals surface area contributed by atoms with Gasteiger partial charge in [-0.3, -0.25) is 9.78 Å². The zero-order chi connectivity index (χ0) is 10.7. The Morgan fingerprint density at radius 1 is 1.64 bits per heavy atom. The Morgan fingerprint density at radius 3 is 2.71 bits per heavy atom. The van der Waals surface area contributed by atoms with Crippen LogP contribution in [-0.2, 0) is 5.33 Å². The summed E-state index contributed by atoms with van der Waals surface area (Å²) in [4.78, 5) is 14.1. The number of halogens is 4. The van der Waals surface area contributed by atoms with Gasteiger partial charge in [-0.05, 0) is 0 Å². The molecule has 0 amide bonds. The lowest BCUT2D eigenvalue weighted by atomic mass is 10.1. The summed E-state index contributed by atoms with van der Waals surface area (Å²) < 4.78 is 25.1. The Balaban J connectivity index is 3.38. The molecule has 0 aliphatic carbocycles. The van der Waals surface area contributed by atoms with Gasteiger partial charge in [0, 0.05) is 11.5 Å². The first kappa shape index (κ1) is 11.5. The molecule has 0 saturated heterocycles. The van der Waals surface area contributed by atoms with Crippen LogP contribution in [0.3, 0.4) is 0 Å². The van der Waals surface area contributed by atoms with E-state index in [-0.39, 0.29) is 27.2 Å². The maximum Gasteiger partial charge on any atom is 0.267 e. The van der Waals surface area contributed by atoms with Gasteiger partial charge in [0.05, 0.1) is 21.8 Å². The van der Waals surface area contributed by atoms with Gasteiger partial charge in [-0.1, -0.05) is 27.5 Å². The van der Waals surface area contributed by atoms with Crippen molar-refractivity contribution in [3.63, 3.8) is 0 Å². The molecule has 0 unspecified atom stereocenters. The number of aldehydes is 1. The monoisotopic (exact) mass is 283 g/mol. The van der Waals surface area contributed by atoms with Crippen LogP contribution >= 0.6 is 27.5 Å². The summed E-state index contributed by atoms with van der Waals surface area (Å²) in [6, 6.07) is 0. The first-order valence-corrected chi connectivity index (χ1v) is 5.08. The van der Waals surface area contributed by atoms with Gasteiger partial charge in [0.25, 0.3) is 6.43 Å². The summed E-state index contributed by atoms with van der Waals surface area (Å²) in [6.07, 6.45) is -1.15. The molecule has 0 spiro atoms. The molecule has 2 nitrogen and oxygen atoms in total.